The molecule has 0 aromatic rings. The highest BCUT2D eigenvalue weighted by atomic mass is 31.2. The fourth-order valence-electron chi connectivity index (χ4n) is 11.8. The predicted molar refractivity (Wildman–Crippen MR) is 391 cm³/mol. The van der Waals surface area contributed by atoms with E-state index in [1.165, 1.54) is 231 Å². The fraction of sp³-hybridized carbons (Fsp3) is 0.948. The summed E-state index contributed by atoms with van der Waals surface area (Å²) in [5.41, 5.74) is 0. The summed E-state index contributed by atoms with van der Waals surface area (Å²) in [6.45, 7) is 7.34. The van der Waals surface area contributed by atoms with Crippen molar-refractivity contribution in [2.75, 3.05) is 39.6 Å². The summed E-state index contributed by atoms with van der Waals surface area (Å²) in [7, 11) is -9.91. The number of rotatable bonds is 77. The third-order valence-corrected chi connectivity index (χ3v) is 20.3. The van der Waals surface area contributed by atoms with Crippen molar-refractivity contribution in [3.05, 3.63) is 0 Å². The van der Waals surface area contributed by atoms with E-state index in [0.29, 0.717) is 25.7 Å². The minimum Gasteiger partial charge on any atom is -0.462 e. The Bertz CT molecular complexity index is 1840. The molecule has 6 atom stereocenters. The quantitative estimate of drug-likeness (QED) is 0.0222. The molecule has 3 N–H and O–H groups in total. The molecule has 0 saturated heterocycles. The topological polar surface area (TPSA) is 237 Å². The first kappa shape index (κ1) is 94.1. The minimum absolute atomic E-state index is 0.108. The second kappa shape index (κ2) is 70.1. The molecular weight excluding hydrogens is 1260 g/mol. The van der Waals surface area contributed by atoms with Crippen LogP contribution >= 0.6 is 15.6 Å². The number of ether oxygens (including phenoxy) is 4. The first-order chi connectivity index (χ1) is 46.6. The lowest BCUT2D eigenvalue weighted by atomic mass is 9.99. The fourth-order valence-corrected chi connectivity index (χ4v) is 13.4. The van der Waals surface area contributed by atoms with Gasteiger partial charge in [0.1, 0.15) is 19.3 Å². The van der Waals surface area contributed by atoms with Gasteiger partial charge < -0.3 is 33.8 Å². The van der Waals surface area contributed by atoms with Gasteiger partial charge in [0, 0.05) is 25.7 Å². The van der Waals surface area contributed by atoms with Crippen molar-refractivity contribution < 1.29 is 80.2 Å². The Morgan fingerprint density at radius 2 is 0.500 bits per heavy atom. The van der Waals surface area contributed by atoms with E-state index in [4.69, 9.17) is 37.0 Å². The number of phosphoric ester groups is 2. The van der Waals surface area contributed by atoms with Crippen LogP contribution in [0.5, 0.6) is 0 Å². The third-order valence-electron chi connectivity index (χ3n) is 18.4. The highest BCUT2D eigenvalue weighted by Crippen LogP contribution is 2.45. The molecule has 0 fully saturated rings. The molecule has 0 aliphatic rings. The second-order valence-corrected chi connectivity index (χ2v) is 30.9. The van der Waals surface area contributed by atoms with E-state index in [0.717, 1.165) is 95.8 Å². The molecule has 0 bridgehead atoms. The maximum absolute atomic E-state index is 13.1. The first-order valence-electron chi connectivity index (χ1n) is 40.2. The molecule has 0 spiro atoms. The van der Waals surface area contributed by atoms with Crippen LogP contribution in [0.3, 0.4) is 0 Å². The number of aliphatic hydroxyl groups excluding tert-OH is 1. The Labute approximate surface area is 588 Å². The number of carbonyl (C=O) groups excluding carboxylic acids is 4. The van der Waals surface area contributed by atoms with E-state index >= 15 is 0 Å². The van der Waals surface area contributed by atoms with Gasteiger partial charge in [0.25, 0.3) is 0 Å². The maximum Gasteiger partial charge on any atom is 0.472 e. The Balaban J connectivity index is 5.27. The Morgan fingerprint density at radius 1 is 0.292 bits per heavy atom. The second-order valence-electron chi connectivity index (χ2n) is 28.0. The average Bonchev–Trinajstić information content (AvgIpc) is 2.04. The molecule has 0 aromatic heterocycles. The van der Waals surface area contributed by atoms with Gasteiger partial charge in [0.2, 0.25) is 0 Å². The van der Waals surface area contributed by atoms with Gasteiger partial charge in [-0.05, 0) is 31.6 Å². The zero-order chi connectivity index (χ0) is 70.5. The smallest absolute Gasteiger partial charge is 0.462 e. The van der Waals surface area contributed by atoms with E-state index in [-0.39, 0.29) is 25.7 Å². The molecule has 0 amide bonds. The first-order valence-corrected chi connectivity index (χ1v) is 43.2. The summed E-state index contributed by atoms with van der Waals surface area (Å²) in [6.07, 6.45) is 59.3. The molecule has 0 aliphatic heterocycles. The Kier molecular flexibility index (Phi) is 68.7. The number of carbonyl (C=O) groups is 4. The van der Waals surface area contributed by atoms with Gasteiger partial charge in [-0.2, -0.15) is 0 Å². The standard InChI is InChI=1S/C77H150O17P2/c1-6-10-13-16-19-22-25-28-29-30-33-36-43-48-53-58-63-77(82)94-73(67-88-75(80)61-56-51-46-41-38-37-39-44-49-54-59-70(5)9-4)69-92-96(85,86)90-65-71(78)64-89-95(83,84)91-68-72(93-76(81)62-57-52-47-42-35-32-27-24-21-18-15-12-8-3)66-87-74(79)60-55-50-45-40-34-31-26-23-20-17-14-11-7-2/h70-73,78H,6-69H2,1-5H3,(H,83,84)(H,85,86)/t70?,71-,72+,73+/m0/s1. The third kappa shape index (κ3) is 69.2. The van der Waals surface area contributed by atoms with E-state index in [1.54, 1.807) is 0 Å². The van der Waals surface area contributed by atoms with Crippen LogP contribution in [0.2, 0.25) is 0 Å². The van der Waals surface area contributed by atoms with Crippen molar-refractivity contribution in [1.82, 2.24) is 0 Å². The van der Waals surface area contributed by atoms with Crippen LogP contribution in [0, 0.1) is 5.92 Å². The van der Waals surface area contributed by atoms with Crippen LogP contribution in [0.15, 0.2) is 0 Å². The van der Waals surface area contributed by atoms with Crippen LogP contribution in [0.25, 0.3) is 0 Å². The lowest BCUT2D eigenvalue weighted by Gasteiger charge is -2.21. The lowest BCUT2D eigenvalue weighted by Crippen LogP contribution is -2.30. The molecule has 0 rings (SSSR count). The molecule has 0 heterocycles. The van der Waals surface area contributed by atoms with Crippen LogP contribution in [-0.4, -0.2) is 96.7 Å². The van der Waals surface area contributed by atoms with E-state index in [9.17, 15) is 43.2 Å². The summed E-state index contributed by atoms with van der Waals surface area (Å²) in [5.74, 6) is -1.30. The highest BCUT2D eigenvalue weighted by molar-refractivity contribution is 7.47. The van der Waals surface area contributed by atoms with Crippen LogP contribution in [-0.2, 0) is 65.4 Å². The molecule has 0 saturated carbocycles. The summed E-state index contributed by atoms with van der Waals surface area (Å²) >= 11 is 0. The van der Waals surface area contributed by atoms with Crippen molar-refractivity contribution in [3.8, 4) is 0 Å². The summed E-state index contributed by atoms with van der Waals surface area (Å²) < 4.78 is 68.6. The van der Waals surface area contributed by atoms with Crippen molar-refractivity contribution in [2.24, 2.45) is 5.92 Å². The van der Waals surface area contributed by atoms with Crippen LogP contribution in [0.1, 0.15) is 407 Å². The molecular formula is C77H150O17P2. The largest absolute Gasteiger partial charge is 0.472 e. The Hall–Kier alpha value is -1.94. The van der Waals surface area contributed by atoms with Gasteiger partial charge in [-0.25, -0.2) is 9.13 Å². The van der Waals surface area contributed by atoms with Crippen molar-refractivity contribution in [2.45, 2.75) is 425 Å². The van der Waals surface area contributed by atoms with Crippen LogP contribution < -0.4 is 0 Å². The number of hydrogen-bond acceptors (Lipinski definition) is 15. The minimum atomic E-state index is -4.96. The predicted octanol–water partition coefficient (Wildman–Crippen LogP) is 22.9. The number of aliphatic hydroxyl groups is 1. The summed E-state index contributed by atoms with van der Waals surface area (Å²) in [4.78, 5) is 72.9. The SMILES string of the molecule is CCCCCCCCCCCCCCCCCCC(=O)O[C@H](COC(=O)CCCCCCCCCCCCC(C)CC)COP(=O)(O)OC[C@@H](O)COP(=O)(O)OC[C@@H](COC(=O)CCCCCCCCCCCCCCC)OC(=O)CCCCCCCCCCCCCCC. The average molecular weight is 1410 g/mol. The molecule has 3 unspecified atom stereocenters. The zero-order valence-electron chi connectivity index (χ0n) is 62.5. The molecule has 96 heavy (non-hydrogen) atoms. The zero-order valence-corrected chi connectivity index (χ0v) is 64.3. The maximum atomic E-state index is 13.1. The highest BCUT2D eigenvalue weighted by Gasteiger charge is 2.30. The van der Waals surface area contributed by atoms with Crippen molar-refractivity contribution in [1.29, 1.82) is 0 Å². The van der Waals surface area contributed by atoms with Crippen molar-refractivity contribution in [3.63, 3.8) is 0 Å². The van der Waals surface area contributed by atoms with Gasteiger partial charge in [0.05, 0.1) is 26.4 Å². The number of unbranched alkanes of at least 4 members (excludes halogenated alkanes) is 48. The number of phosphoric acid groups is 2. The van der Waals surface area contributed by atoms with Gasteiger partial charge in [0.15, 0.2) is 12.2 Å². The molecule has 570 valence electrons. The summed E-state index contributed by atoms with van der Waals surface area (Å²) in [5, 5.41) is 10.6. The number of esters is 4. The van der Waals surface area contributed by atoms with E-state index in [2.05, 4.69) is 34.6 Å². The molecule has 19 heteroatoms. The molecule has 0 aliphatic carbocycles. The van der Waals surface area contributed by atoms with E-state index in [1.807, 2.05) is 0 Å². The van der Waals surface area contributed by atoms with E-state index < -0.39 is 97.5 Å². The van der Waals surface area contributed by atoms with Gasteiger partial charge in [-0.15, -0.1) is 0 Å². The lowest BCUT2D eigenvalue weighted by molar-refractivity contribution is -0.161. The summed E-state index contributed by atoms with van der Waals surface area (Å²) in [6, 6.07) is 0. The monoisotopic (exact) mass is 1410 g/mol. The Morgan fingerprint density at radius 3 is 0.740 bits per heavy atom. The van der Waals surface area contributed by atoms with Crippen molar-refractivity contribution >= 4 is 39.5 Å². The van der Waals surface area contributed by atoms with Gasteiger partial charge in [-0.3, -0.25) is 37.3 Å². The molecule has 0 aromatic carbocycles. The van der Waals surface area contributed by atoms with Crippen LogP contribution in [0.4, 0.5) is 0 Å². The van der Waals surface area contributed by atoms with Gasteiger partial charge in [-0.1, -0.05) is 356 Å². The normalized spacial score (nSPS) is 14.2. The van der Waals surface area contributed by atoms with Gasteiger partial charge >= 0.3 is 39.5 Å². The number of hydrogen-bond donors (Lipinski definition) is 3. The molecule has 0 radical (unpaired) electrons. The molecule has 17 nitrogen and oxygen atoms in total.